The van der Waals surface area contributed by atoms with Crippen LogP contribution in [0.1, 0.15) is 33.2 Å². The first-order valence-corrected chi connectivity index (χ1v) is 6.88. The van der Waals surface area contributed by atoms with Gasteiger partial charge in [-0.1, -0.05) is 24.3 Å². The maximum atomic E-state index is 12.3. The Labute approximate surface area is 127 Å². The number of rotatable bonds is 3. The molecule has 1 aliphatic heterocycles. The summed E-state index contributed by atoms with van der Waals surface area (Å²) in [5, 5.41) is 2.67. The highest BCUT2D eigenvalue weighted by molar-refractivity contribution is 6.21. The topological polar surface area (TPSA) is 66.5 Å². The third-order valence-corrected chi connectivity index (χ3v) is 3.49. The van der Waals surface area contributed by atoms with Crippen LogP contribution in [0.15, 0.2) is 48.5 Å². The van der Waals surface area contributed by atoms with Gasteiger partial charge in [-0.25, -0.2) is 0 Å². The summed E-state index contributed by atoms with van der Waals surface area (Å²) in [6, 6.07) is 13.9. The zero-order valence-corrected chi connectivity index (χ0v) is 12.0. The maximum absolute atomic E-state index is 12.3. The van der Waals surface area contributed by atoms with Gasteiger partial charge in [-0.3, -0.25) is 19.3 Å². The first-order chi connectivity index (χ1) is 10.6. The number of anilines is 1. The van der Waals surface area contributed by atoms with Gasteiger partial charge in [0.2, 0.25) is 5.91 Å². The third-order valence-electron chi connectivity index (χ3n) is 3.49. The van der Waals surface area contributed by atoms with E-state index in [1.807, 2.05) is 0 Å². The summed E-state index contributed by atoms with van der Waals surface area (Å²) in [6.07, 6.45) is 0. The SMILES string of the molecule is CC(=O)Nc1ccc(CN2C(=O)c3ccccc3C2=O)cc1. The second-order valence-corrected chi connectivity index (χ2v) is 5.12. The summed E-state index contributed by atoms with van der Waals surface area (Å²) in [6.45, 7) is 1.65. The van der Waals surface area contributed by atoms with Crippen molar-refractivity contribution in [2.45, 2.75) is 13.5 Å². The lowest BCUT2D eigenvalue weighted by molar-refractivity contribution is -0.114. The quantitative estimate of drug-likeness (QED) is 0.884. The summed E-state index contributed by atoms with van der Waals surface area (Å²) in [4.78, 5) is 36.8. The molecular weight excluding hydrogens is 280 g/mol. The molecule has 5 nitrogen and oxygen atoms in total. The number of nitrogens with zero attached hydrogens (tertiary/aromatic N) is 1. The standard InChI is InChI=1S/C17H14N2O3/c1-11(20)18-13-8-6-12(7-9-13)10-19-16(21)14-4-2-3-5-15(14)17(19)22/h2-9H,10H2,1H3,(H,18,20). The van der Waals surface area contributed by atoms with Crippen LogP contribution in [0.25, 0.3) is 0 Å². The molecule has 0 bridgehead atoms. The first kappa shape index (κ1) is 14.0. The largest absolute Gasteiger partial charge is 0.326 e. The number of nitrogens with one attached hydrogen (secondary N) is 1. The van der Waals surface area contributed by atoms with E-state index in [1.54, 1.807) is 48.5 Å². The van der Waals surface area contributed by atoms with Crippen molar-refractivity contribution in [3.8, 4) is 0 Å². The summed E-state index contributed by atoms with van der Waals surface area (Å²) >= 11 is 0. The molecule has 0 aliphatic carbocycles. The molecule has 0 atom stereocenters. The van der Waals surface area contributed by atoms with E-state index in [2.05, 4.69) is 5.32 Å². The van der Waals surface area contributed by atoms with E-state index in [1.165, 1.54) is 11.8 Å². The van der Waals surface area contributed by atoms with Crippen LogP contribution in [0.3, 0.4) is 0 Å². The van der Waals surface area contributed by atoms with Crippen LogP contribution in [0.4, 0.5) is 5.69 Å². The Morgan fingerprint density at radius 1 is 0.955 bits per heavy atom. The average molecular weight is 294 g/mol. The van der Waals surface area contributed by atoms with Gasteiger partial charge >= 0.3 is 0 Å². The minimum Gasteiger partial charge on any atom is -0.326 e. The fraction of sp³-hybridized carbons (Fsp3) is 0.118. The van der Waals surface area contributed by atoms with E-state index in [-0.39, 0.29) is 24.3 Å². The molecule has 110 valence electrons. The fourth-order valence-corrected chi connectivity index (χ4v) is 2.46. The molecule has 0 saturated carbocycles. The lowest BCUT2D eigenvalue weighted by Gasteiger charge is -2.14. The number of imide groups is 1. The lowest BCUT2D eigenvalue weighted by atomic mass is 10.1. The van der Waals surface area contributed by atoms with Gasteiger partial charge in [-0.05, 0) is 29.8 Å². The minimum absolute atomic E-state index is 0.145. The Morgan fingerprint density at radius 3 is 2.00 bits per heavy atom. The molecular formula is C17H14N2O3. The Hall–Kier alpha value is -2.95. The van der Waals surface area contributed by atoms with Crippen LogP contribution in [0.5, 0.6) is 0 Å². The van der Waals surface area contributed by atoms with E-state index in [0.29, 0.717) is 16.8 Å². The zero-order valence-electron chi connectivity index (χ0n) is 12.0. The molecule has 0 unspecified atom stereocenters. The molecule has 1 aliphatic rings. The zero-order chi connectivity index (χ0) is 15.7. The normalized spacial score (nSPS) is 13.2. The van der Waals surface area contributed by atoms with Crippen molar-refractivity contribution in [1.82, 2.24) is 4.90 Å². The molecule has 2 aromatic carbocycles. The molecule has 2 aromatic rings. The first-order valence-electron chi connectivity index (χ1n) is 6.88. The lowest BCUT2D eigenvalue weighted by Crippen LogP contribution is -2.29. The molecule has 0 aromatic heterocycles. The number of fused-ring (bicyclic) bond motifs is 1. The van der Waals surface area contributed by atoms with Crippen molar-refractivity contribution in [2.24, 2.45) is 0 Å². The van der Waals surface area contributed by atoms with Gasteiger partial charge in [-0.2, -0.15) is 0 Å². The van der Waals surface area contributed by atoms with E-state index in [0.717, 1.165) is 5.56 Å². The highest BCUT2D eigenvalue weighted by Gasteiger charge is 2.34. The van der Waals surface area contributed by atoms with E-state index in [4.69, 9.17) is 0 Å². The summed E-state index contributed by atoms with van der Waals surface area (Å²) in [5.74, 6) is -0.689. The number of amides is 3. The van der Waals surface area contributed by atoms with Crippen LogP contribution in [-0.4, -0.2) is 22.6 Å². The summed E-state index contributed by atoms with van der Waals surface area (Å²) in [7, 11) is 0. The van der Waals surface area contributed by atoms with Gasteiger partial charge in [0.1, 0.15) is 0 Å². The molecule has 3 rings (SSSR count). The van der Waals surface area contributed by atoms with E-state index < -0.39 is 0 Å². The second kappa shape index (κ2) is 5.44. The van der Waals surface area contributed by atoms with Crippen molar-refractivity contribution in [3.63, 3.8) is 0 Å². The maximum Gasteiger partial charge on any atom is 0.261 e. The van der Waals surface area contributed by atoms with Crippen molar-refractivity contribution in [3.05, 3.63) is 65.2 Å². The number of hydrogen-bond donors (Lipinski definition) is 1. The van der Waals surface area contributed by atoms with Gasteiger partial charge in [0.25, 0.3) is 11.8 Å². The van der Waals surface area contributed by atoms with Crippen molar-refractivity contribution in [2.75, 3.05) is 5.32 Å². The van der Waals surface area contributed by atoms with Crippen molar-refractivity contribution < 1.29 is 14.4 Å². The summed E-state index contributed by atoms with van der Waals surface area (Å²) in [5.41, 5.74) is 2.40. The monoisotopic (exact) mass is 294 g/mol. The molecule has 5 heteroatoms. The Bertz CT molecular complexity index is 731. The average Bonchev–Trinajstić information content (AvgIpc) is 2.74. The number of benzene rings is 2. The minimum atomic E-state index is -0.272. The van der Waals surface area contributed by atoms with Gasteiger partial charge in [-0.15, -0.1) is 0 Å². The number of hydrogen-bond acceptors (Lipinski definition) is 3. The Morgan fingerprint density at radius 2 is 1.50 bits per heavy atom. The van der Waals surface area contributed by atoms with Crippen molar-refractivity contribution in [1.29, 1.82) is 0 Å². The van der Waals surface area contributed by atoms with Gasteiger partial charge < -0.3 is 5.32 Å². The van der Waals surface area contributed by atoms with Gasteiger partial charge in [0.15, 0.2) is 0 Å². The van der Waals surface area contributed by atoms with E-state index >= 15 is 0 Å². The Balaban J connectivity index is 1.78. The number of carbonyl (C=O) groups is 3. The highest BCUT2D eigenvalue weighted by Crippen LogP contribution is 2.24. The Kier molecular flexibility index (Phi) is 3.47. The molecule has 0 fully saturated rings. The summed E-state index contributed by atoms with van der Waals surface area (Å²) < 4.78 is 0. The predicted octanol–water partition coefficient (Wildman–Crippen LogP) is 2.44. The van der Waals surface area contributed by atoms with Crippen LogP contribution >= 0.6 is 0 Å². The van der Waals surface area contributed by atoms with Crippen LogP contribution in [0.2, 0.25) is 0 Å². The molecule has 3 amide bonds. The van der Waals surface area contributed by atoms with Crippen LogP contribution in [0, 0.1) is 0 Å². The molecule has 1 N–H and O–H groups in total. The molecule has 22 heavy (non-hydrogen) atoms. The van der Waals surface area contributed by atoms with Crippen LogP contribution in [-0.2, 0) is 11.3 Å². The smallest absolute Gasteiger partial charge is 0.261 e. The molecule has 0 spiro atoms. The van der Waals surface area contributed by atoms with Gasteiger partial charge in [0, 0.05) is 12.6 Å². The van der Waals surface area contributed by atoms with Crippen molar-refractivity contribution >= 4 is 23.4 Å². The fourth-order valence-electron chi connectivity index (χ4n) is 2.46. The van der Waals surface area contributed by atoms with E-state index in [9.17, 15) is 14.4 Å². The van der Waals surface area contributed by atoms with Crippen LogP contribution < -0.4 is 5.32 Å². The number of carbonyl (C=O) groups excluding carboxylic acids is 3. The molecule has 1 heterocycles. The second-order valence-electron chi connectivity index (χ2n) is 5.12. The highest BCUT2D eigenvalue weighted by atomic mass is 16.2. The predicted molar refractivity (Wildman–Crippen MR) is 81.4 cm³/mol. The molecule has 0 saturated heterocycles. The third kappa shape index (κ3) is 2.48. The van der Waals surface area contributed by atoms with Gasteiger partial charge in [0.05, 0.1) is 17.7 Å². The molecule has 0 radical (unpaired) electrons.